The van der Waals surface area contributed by atoms with E-state index in [4.69, 9.17) is 16.6 Å². The van der Waals surface area contributed by atoms with Crippen molar-refractivity contribution in [3.8, 4) is 11.3 Å². The Morgan fingerprint density at radius 1 is 0.968 bits per heavy atom. The number of hydrogen-bond acceptors (Lipinski definition) is 3. The number of aryl methyl sites for hydroxylation is 2. The van der Waals surface area contributed by atoms with E-state index in [-0.39, 0.29) is 11.4 Å². The predicted molar refractivity (Wildman–Crippen MR) is 129 cm³/mol. The Hall–Kier alpha value is -2.92. The fraction of sp³-hybridized carbons (Fsp3) is 0.320. The van der Waals surface area contributed by atoms with Gasteiger partial charge in [0.1, 0.15) is 5.82 Å². The summed E-state index contributed by atoms with van der Waals surface area (Å²) >= 11 is 6.45. The van der Waals surface area contributed by atoms with Crippen molar-refractivity contribution in [3.05, 3.63) is 70.6 Å². The van der Waals surface area contributed by atoms with Crippen LogP contribution in [0.1, 0.15) is 51.6 Å². The van der Waals surface area contributed by atoms with Gasteiger partial charge in [-0.25, -0.2) is 14.8 Å². The summed E-state index contributed by atoms with van der Waals surface area (Å²) in [5.74, 6) is 0.679. The van der Waals surface area contributed by atoms with Crippen LogP contribution in [-0.2, 0) is 18.3 Å². The maximum Gasteiger partial charge on any atom is 0.323 e. The van der Waals surface area contributed by atoms with Crippen LogP contribution in [0.4, 0.5) is 16.2 Å². The third-order valence-corrected chi connectivity index (χ3v) is 5.40. The fourth-order valence-electron chi connectivity index (χ4n) is 3.36. The van der Waals surface area contributed by atoms with Gasteiger partial charge in [-0.2, -0.15) is 0 Å². The number of anilines is 2. The number of nitrogens with zero attached hydrogens (tertiary/aromatic N) is 2. The molecule has 2 aromatic carbocycles. The highest BCUT2D eigenvalue weighted by atomic mass is 35.5. The number of halogens is 1. The first-order valence-electron chi connectivity index (χ1n) is 10.6. The number of nitrogens with one attached hydrogen (secondary N) is 2. The Bertz CT molecular complexity index is 1070. The summed E-state index contributed by atoms with van der Waals surface area (Å²) in [6, 6.07) is 13.2. The highest BCUT2D eigenvalue weighted by Crippen LogP contribution is 2.33. The molecule has 0 saturated heterocycles. The van der Waals surface area contributed by atoms with Crippen molar-refractivity contribution in [2.24, 2.45) is 0 Å². The van der Waals surface area contributed by atoms with E-state index in [1.54, 1.807) is 6.20 Å². The first-order chi connectivity index (χ1) is 14.7. The number of benzene rings is 2. The van der Waals surface area contributed by atoms with Crippen LogP contribution in [0.2, 0.25) is 5.02 Å². The molecule has 0 bridgehead atoms. The summed E-state index contributed by atoms with van der Waals surface area (Å²) in [7, 11) is 0. The normalized spacial score (nSPS) is 11.3. The molecule has 0 aliphatic rings. The number of carbonyl (C=O) groups is 1. The van der Waals surface area contributed by atoms with E-state index in [0.29, 0.717) is 22.2 Å². The molecule has 0 atom stereocenters. The first kappa shape index (κ1) is 22.8. The molecule has 0 radical (unpaired) electrons. The molecule has 31 heavy (non-hydrogen) atoms. The van der Waals surface area contributed by atoms with Gasteiger partial charge in [-0.15, -0.1) is 0 Å². The Labute approximate surface area is 189 Å². The second-order valence-corrected chi connectivity index (χ2v) is 8.83. The van der Waals surface area contributed by atoms with Gasteiger partial charge < -0.3 is 10.6 Å². The van der Waals surface area contributed by atoms with Gasteiger partial charge in [0.05, 0.1) is 22.6 Å². The lowest BCUT2D eigenvalue weighted by Gasteiger charge is -2.20. The molecule has 0 aliphatic carbocycles. The molecule has 2 amide bonds. The molecule has 162 valence electrons. The van der Waals surface area contributed by atoms with Gasteiger partial charge in [0.15, 0.2) is 0 Å². The Balaban J connectivity index is 1.98. The topological polar surface area (TPSA) is 66.9 Å². The van der Waals surface area contributed by atoms with E-state index in [9.17, 15) is 4.79 Å². The Morgan fingerprint density at radius 2 is 1.61 bits per heavy atom. The quantitative estimate of drug-likeness (QED) is 0.458. The summed E-state index contributed by atoms with van der Waals surface area (Å²) in [6.07, 6.45) is 3.31. The number of urea groups is 1. The number of carbonyl (C=O) groups excluding carboxylic acids is 1. The van der Waals surface area contributed by atoms with Gasteiger partial charge in [0, 0.05) is 16.7 Å². The van der Waals surface area contributed by atoms with E-state index in [1.807, 2.05) is 63.2 Å². The molecule has 0 saturated carbocycles. The van der Waals surface area contributed by atoms with Crippen LogP contribution >= 0.6 is 11.6 Å². The minimum absolute atomic E-state index is 0.243. The maximum atomic E-state index is 13.0. The molecule has 6 heteroatoms. The summed E-state index contributed by atoms with van der Waals surface area (Å²) in [4.78, 5) is 22.2. The van der Waals surface area contributed by atoms with Crippen molar-refractivity contribution >= 4 is 29.0 Å². The Kier molecular flexibility index (Phi) is 6.96. The van der Waals surface area contributed by atoms with E-state index >= 15 is 0 Å². The monoisotopic (exact) mass is 436 g/mol. The summed E-state index contributed by atoms with van der Waals surface area (Å²) < 4.78 is 0. The van der Waals surface area contributed by atoms with E-state index < -0.39 is 0 Å². The second kappa shape index (κ2) is 9.48. The SMILES string of the molecule is CCc1cccc(CC)c1NC(=O)Nc1cnc(C(C)(C)C)nc1-c1ccccc1Cl. The van der Waals surface area contributed by atoms with Gasteiger partial charge in [0.25, 0.3) is 0 Å². The van der Waals surface area contributed by atoms with Crippen molar-refractivity contribution in [2.75, 3.05) is 10.6 Å². The zero-order chi connectivity index (χ0) is 22.6. The van der Waals surface area contributed by atoms with Crippen molar-refractivity contribution < 1.29 is 4.79 Å². The molecular formula is C25H29ClN4O. The predicted octanol–water partition coefficient (Wildman–Crippen LogP) is 6.86. The van der Waals surface area contributed by atoms with Crippen LogP contribution in [0.25, 0.3) is 11.3 Å². The molecule has 1 aromatic heterocycles. The zero-order valence-corrected chi connectivity index (χ0v) is 19.5. The minimum atomic E-state index is -0.337. The average Bonchev–Trinajstić information content (AvgIpc) is 2.74. The fourth-order valence-corrected chi connectivity index (χ4v) is 3.59. The average molecular weight is 437 g/mol. The number of para-hydroxylation sites is 1. The van der Waals surface area contributed by atoms with Crippen molar-refractivity contribution in [1.82, 2.24) is 9.97 Å². The van der Waals surface area contributed by atoms with Crippen LogP contribution in [0.3, 0.4) is 0 Å². The lowest BCUT2D eigenvalue weighted by atomic mass is 9.95. The zero-order valence-electron chi connectivity index (χ0n) is 18.7. The van der Waals surface area contributed by atoms with Crippen molar-refractivity contribution in [3.63, 3.8) is 0 Å². The molecule has 3 rings (SSSR count). The highest BCUT2D eigenvalue weighted by Gasteiger charge is 2.22. The van der Waals surface area contributed by atoms with Gasteiger partial charge >= 0.3 is 6.03 Å². The van der Waals surface area contributed by atoms with Crippen LogP contribution < -0.4 is 10.6 Å². The maximum absolute atomic E-state index is 13.0. The lowest BCUT2D eigenvalue weighted by molar-refractivity contribution is 0.262. The number of aromatic nitrogens is 2. The summed E-state index contributed by atoms with van der Waals surface area (Å²) in [5, 5.41) is 6.53. The summed E-state index contributed by atoms with van der Waals surface area (Å²) in [6.45, 7) is 10.3. The molecular weight excluding hydrogens is 408 g/mol. The molecule has 0 unspecified atom stereocenters. The van der Waals surface area contributed by atoms with E-state index in [2.05, 4.69) is 29.5 Å². The molecule has 5 nitrogen and oxygen atoms in total. The van der Waals surface area contributed by atoms with Gasteiger partial charge in [0.2, 0.25) is 0 Å². The molecule has 0 spiro atoms. The molecule has 0 fully saturated rings. The number of amides is 2. The standard InChI is InChI=1S/C25H29ClN4O/c1-6-16-11-10-12-17(7-2)21(16)30-24(31)28-20-15-27-23(25(3,4)5)29-22(20)18-13-8-9-14-19(18)26/h8-15H,6-7H2,1-5H3,(H2,28,30,31). The third-order valence-electron chi connectivity index (χ3n) is 5.07. The van der Waals surface area contributed by atoms with Gasteiger partial charge in [-0.1, -0.05) is 82.6 Å². The van der Waals surface area contributed by atoms with Crippen LogP contribution in [0.5, 0.6) is 0 Å². The number of hydrogen-bond donors (Lipinski definition) is 2. The second-order valence-electron chi connectivity index (χ2n) is 8.42. The van der Waals surface area contributed by atoms with Crippen LogP contribution in [0, 0.1) is 0 Å². The molecule has 2 N–H and O–H groups in total. The van der Waals surface area contributed by atoms with Crippen molar-refractivity contribution in [2.45, 2.75) is 52.9 Å². The van der Waals surface area contributed by atoms with Crippen molar-refractivity contribution in [1.29, 1.82) is 0 Å². The largest absolute Gasteiger partial charge is 0.323 e. The smallest absolute Gasteiger partial charge is 0.307 e. The van der Waals surface area contributed by atoms with E-state index in [1.165, 1.54) is 0 Å². The summed E-state index contributed by atoms with van der Waals surface area (Å²) in [5.41, 5.74) is 4.66. The van der Waals surface area contributed by atoms with Crippen LogP contribution in [0.15, 0.2) is 48.7 Å². The minimum Gasteiger partial charge on any atom is -0.307 e. The van der Waals surface area contributed by atoms with Crippen LogP contribution in [-0.4, -0.2) is 16.0 Å². The highest BCUT2D eigenvalue weighted by molar-refractivity contribution is 6.33. The lowest BCUT2D eigenvalue weighted by Crippen LogP contribution is -2.23. The third kappa shape index (κ3) is 5.23. The Morgan fingerprint density at radius 3 is 2.19 bits per heavy atom. The first-order valence-corrected chi connectivity index (χ1v) is 10.9. The van der Waals surface area contributed by atoms with Gasteiger partial charge in [-0.05, 0) is 30.0 Å². The molecule has 3 aromatic rings. The molecule has 0 aliphatic heterocycles. The molecule has 1 heterocycles. The van der Waals surface area contributed by atoms with Gasteiger partial charge in [-0.3, -0.25) is 0 Å². The number of rotatable bonds is 5. The van der Waals surface area contributed by atoms with E-state index in [0.717, 1.165) is 35.2 Å².